The molecule has 1 aromatic heterocycles. The van der Waals surface area contributed by atoms with Gasteiger partial charge in [-0.05, 0) is 53.4 Å². The van der Waals surface area contributed by atoms with Crippen LogP contribution in [0, 0.1) is 18.6 Å². The second kappa shape index (κ2) is 8.19. The number of halogens is 2. The van der Waals surface area contributed by atoms with Gasteiger partial charge in [-0.25, -0.2) is 13.8 Å². The third-order valence-electron chi connectivity index (χ3n) is 4.68. The van der Waals surface area contributed by atoms with Gasteiger partial charge in [0.05, 0.1) is 18.3 Å². The van der Waals surface area contributed by atoms with E-state index in [1.165, 1.54) is 24.4 Å². The molecule has 0 saturated heterocycles. The number of nitrogens with zero attached hydrogens (tertiary/aromatic N) is 2. The van der Waals surface area contributed by atoms with E-state index in [-0.39, 0.29) is 5.56 Å². The van der Waals surface area contributed by atoms with Gasteiger partial charge in [0.25, 0.3) is 0 Å². The van der Waals surface area contributed by atoms with Crippen LogP contribution in [0.2, 0.25) is 0 Å². The molecule has 0 bridgehead atoms. The van der Waals surface area contributed by atoms with Crippen molar-refractivity contribution in [1.82, 2.24) is 4.98 Å². The maximum Gasteiger partial charge on any atom is 0.225 e. The summed E-state index contributed by atoms with van der Waals surface area (Å²) in [6.07, 6.45) is 4.41. The topological polar surface area (TPSA) is 38.4 Å². The summed E-state index contributed by atoms with van der Waals surface area (Å²) in [5, 5.41) is 0. The third-order valence-corrected chi connectivity index (χ3v) is 4.68. The van der Waals surface area contributed by atoms with Crippen molar-refractivity contribution in [3.8, 4) is 22.6 Å². The molecule has 1 heterocycles. The SMILES string of the molecule is Cc1ccc(-c2ncco2)cc1-c1ccc(CN=Cc2c(F)cccc2F)cc1. The summed E-state index contributed by atoms with van der Waals surface area (Å²) in [6, 6.07) is 17.8. The molecule has 0 N–H and O–H groups in total. The third kappa shape index (κ3) is 4.14. The van der Waals surface area contributed by atoms with E-state index in [0.29, 0.717) is 12.4 Å². The Morgan fingerprint density at radius 2 is 1.69 bits per heavy atom. The average molecular weight is 388 g/mol. The molecule has 3 nitrogen and oxygen atoms in total. The van der Waals surface area contributed by atoms with Crippen LogP contribution in [-0.2, 0) is 6.54 Å². The van der Waals surface area contributed by atoms with Crippen LogP contribution < -0.4 is 0 Å². The number of aromatic nitrogens is 1. The molecule has 3 aromatic carbocycles. The van der Waals surface area contributed by atoms with Crippen molar-refractivity contribution in [2.45, 2.75) is 13.5 Å². The van der Waals surface area contributed by atoms with Crippen molar-refractivity contribution in [3.05, 3.63) is 101 Å². The maximum absolute atomic E-state index is 13.6. The molecule has 0 unspecified atom stereocenters. The molecule has 0 atom stereocenters. The van der Waals surface area contributed by atoms with Crippen molar-refractivity contribution in [1.29, 1.82) is 0 Å². The summed E-state index contributed by atoms with van der Waals surface area (Å²) in [7, 11) is 0. The van der Waals surface area contributed by atoms with Crippen LogP contribution in [-0.4, -0.2) is 11.2 Å². The number of benzene rings is 3. The Morgan fingerprint density at radius 1 is 0.966 bits per heavy atom. The van der Waals surface area contributed by atoms with Gasteiger partial charge in [-0.1, -0.05) is 36.4 Å². The van der Waals surface area contributed by atoms with E-state index < -0.39 is 11.6 Å². The first-order chi connectivity index (χ1) is 14.1. The largest absolute Gasteiger partial charge is 0.445 e. The fourth-order valence-electron chi connectivity index (χ4n) is 3.10. The van der Waals surface area contributed by atoms with Gasteiger partial charge in [-0.15, -0.1) is 0 Å². The first kappa shape index (κ1) is 18.7. The van der Waals surface area contributed by atoms with Crippen LogP contribution in [0.4, 0.5) is 8.78 Å². The van der Waals surface area contributed by atoms with Crippen molar-refractivity contribution in [2.24, 2.45) is 4.99 Å². The van der Waals surface area contributed by atoms with E-state index in [1.54, 1.807) is 12.5 Å². The fourth-order valence-corrected chi connectivity index (χ4v) is 3.10. The Labute approximate surface area is 167 Å². The molecule has 0 fully saturated rings. The molecule has 0 spiro atoms. The van der Waals surface area contributed by atoms with Crippen LogP contribution in [0.3, 0.4) is 0 Å². The summed E-state index contributed by atoms with van der Waals surface area (Å²) >= 11 is 0. The second-order valence-corrected chi connectivity index (χ2v) is 6.67. The molecule has 144 valence electrons. The summed E-state index contributed by atoms with van der Waals surface area (Å²) in [5.41, 5.74) is 5.02. The van der Waals surface area contributed by atoms with Crippen molar-refractivity contribution in [2.75, 3.05) is 0 Å². The van der Waals surface area contributed by atoms with Gasteiger partial charge >= 0.3 is 0 Å². The van der Waals surface area contributed by atoms with E-state index in [1.807, 2.05) is 36.4 Å². The zero-order valence-electron chi connectivity index (χ0n) is 15.8. The highest BCUT2D eigenvalue weighted by molar-refractivity contribution is 5.80. The highest BCUT2D eigenvalue weighted by atomic mass is 19.1. The quantitative estimate of drug-likeness (QED) is 0.381. The summed E-state index contributed by atoms with van der Waals surface area (Å²) in [6.45, 7) is 2.39. The minimum Gasteiger partial charge on any atom is -0.445 e. The molecule has 4 rings (SSSR count). The molecule has 0 aliphatic heterocycles. The molecule has 4 aromatic rings. The number of aryl methyl sites for hydroxylation is 1. The predicted molar refractivity (Wildman–Crippen MR) is 110 cm³/mol. The van der Waals surface area contributed by atoms with E-state index in [0.717, 1.165) is 27.8 Å². The Morgan fingerprint density at radius 3 is 2.38 bits per heavy atom. The van der Waals surface area contributed by atoms with Crippen molar-refractivity contribution >= 4 is 6.21 Å². The normalized spacial score (nSPS) is 11.3. The van der Waals surface area contributed by atoms with Crippen molar-refractivity contribution < 1.29 is 13.2 Å². The lowest BCUT2D eigenvalue weighted by Gasteiger charge is -2.09. The Bertz CT molecular complexity index is 1130. The fraction of sp³-hybridized carbons (Fsp3) is 0.0833. The van der Waals surface area contributed by atoms with Gasteiger partial charge in [0, 0.05) is 11.8 Å². The van der Waals surface area contributed by atoms with Gasteiger partial charge in [0.1, 0.15) is 17.9 Å². The Hall–Kier alpha value is -3.60. The lowest BCUT2D eigenvalue weighted by atomic mass is 9.97. The summed E-state index contributed by atoms with van der Waals surface area (Å²) < 4.78 is 32.7. The van der Waals surface area contributed by atoms with E-state index in [2.05, 4.69) is 23.0 Å². The first-order valence-electron chi connectivity index (χ1n) is 9.15. The van der Waals surface area contributed by atoms with Gasteiger partial charge < -0.3 is 4.42 Å². The van der Waals surface area contributed by atoms with Crippen LogP contribution in [0.25, 0.3) is 22.6 Å². The smallest absolute Gasteiger partial charge is 0.225 e. The molecule has 0 saturated carbocycles. The highest BCUT2D eigenvalue weighted by Crippen LogP contribution is 2.29. The summed E-state index contributed by atoms with van der Waals surface area (Å²) in [5.74, 6) is -0.659. The Balaban J connectivity index is 1.53. The van der Waals surface area contributed by atoms with E-state index in [9.17, 15) is 8.78 Å². The molecule has 0 radical (unpaired) electrons. The molecular weight excluding hydrogens is 370 g/mol. The molecule has 29 heavy (non-hydrogen) atoms. The molecule has 0 aliphatic carbocycles. The predicted octanol–water partition coefficient (Wildman–Crippen LogP) is 6.21. The number of hydrogen-bond donors (Lipinski definition) is 0. The molecular formula is C24H18F2N2O. The van der Waals surface area contributed by atoms with Crippen LogP contribution in [0.15, 0.2) is 82.5 Å². The zero-order valence-corrected chi connectivity index (χ0v) is 15.8. The average Bonchev–Trinajstić information content (AvgIpc) is 3.26. The lowest BCUT2D eigenvalue weighted by Crippen LogP contribution is -1.94. The number of oxazole rings is 1. The monoisotopic (exact) mass is 388 g/mol. The Kier molecular flexibility index (Phi) is 5.29. The number of rotatable bonds is 5. The highest BCUT2D eigenvalue weighted by Gasteiger charge is 2.08. The zero-order chi connectivity index (χ0) is 20.2. The van der Waals surface area contributed by atoms with Gasteiger partial charge in [-0.2, -0.15) is 0 Å². The maximum atomic E-state index is 13.6. The van der Waals surface area contributed by atoms with Crippen LogP contribution in [0.5, 0.6) is 0 Å². The minimum absolute atomic E-state index is 0.122. The second-order valence-electron chi connectivity index (χ2n) is 6.67. The molecule has 5 heteroatoms. The van der Waals surface area contributed by atoms with Crippen molar-refractivity contribution in [3.63, 3.8) is 0 Å². The van der Waals surface area contributed by atoms with Gasteiger partial charge in [0.15, 0.2) is 0 Å². The number of hydrogen-bond acceptors (Lipinski definition) is 3. The lowest BCUT2D eigenvalue weighted by molar-refractivity contribution is 0.574. The van der Waals surface area contributed by atoms with E-state index in [4.69, 9.17) is 4.42 Å². The first-order valence-corrected chi connectivity index (χ1v) is 9.15. The summed E-state index contributed by atoms with van der Waals surface area (Å²) in [4.78, 5) is 8.38. The minimum atomic E-state index is -0.620. The molecule has 0 amide bonds. The van der Waals surface area contributed by atoms with Gasteiger partial charge in [0.2, 0.25) is 5.89 Å². The number of aliphatic imine (C=N–C) groups is 1. The van der Waals surface area contributed by atoms with Crippen LogP contribution in [0.1, 0.15) is 16.7 Å². The van der Waals surface area contributed by atoms with E-state index >= 15 is 0 Å². The molecule has 0 aliphatic rings. The van der Waals surface area contributed by atoms with Crippen LogP contribution >= 0.6 is 0 Å². The van der Waals surface area contributed by atoms with Gasteiger partial charge in [-0.3, -0.25) is 4.99 Å². The standard InChI is InChI=1S/C24H18F2N2O/c1-16-5-8-19(24-28-11-12-29-24)13-20(16)18-9-6-17(7-10-18)14-27-15-21-22(25)3-2-4-23(21)26/h2-13,15H,14H2,1H3.